The number of carbonyl (C=O) groups is 2. The summed E-state index contributed by atoms with van der Waals surface area (Å²) >= 11 is 0. The van der Waals surface area contributed by atoms with Crippen LogP contribution in [-0.2, 0) is 9.59 Å². The van der Waals surface area contributed by atoms with Gasteiger partial charge in [-0.15, -0.1) is 0 Å². The first-order valence-electron chi connectivity index (χ1n) is 2.70. The highest BCUT2D eigenvalue weighted by atomic mass is 16.4. The monoisotopic (exact) mass is 147 g/mol. The molecule has 10 heavy (non-hydrogen) atoms. The fourth-order valence-corrected chi connectivity index (χ4v) is 0.473. The minimum atomic E-state index is -1.21. The van der Waals surface area contributed by atoms with Gasteiger partial charge in [0.1, 0.15) is 0 Å². The van der Waals surface area contributed by atoms with E-state index in [0.717, 1.165) is 0 Å². The highest BCUT2D eigenvalue weighted by Crippen LogP contribution is 1.99. The molecule has 0 heterocycles. The number of aliphatic carboxylic acids is 1. The van der Waals surface area contributed by atoms with Crippen LogP contribution in [0.3, 0.4) is 0 Å². The lowest BCUT2D eigenvalue weighted by Gasteiger charge is -2.03. The maximum atomic E-state index is 10.1. The van der Waals surface area contributed by atoms with Crippen molar-refractivity contribution in [1.82, 2.24) is 0 Å². The zero-order valence-electron chi connectivity index (χ0n) is 5.28. The maximum absolute atomic E-state index is 10.1. The van der Waals surface area contributed by atoms with Gasteiger partial charge in [-0.25, -0.2) is 0 Å². The Labute approximate surface area is 57.5 Å². The van der Waals surface area contributed by atoms with Crippen LogP contribution in [0.1, 0.15) is 6.42 Å². The molecule has 4 N–H and O–H groups in total. The largest absolute Gasteiger partial charge is 0.481 e. The number of aliphatic hydroxyl groups excluding tert-OH is 1. The van der Waals surface area contributed by atoms with Crippen LogP contribution in [-0.4, -0.2) is 28.7 Å². The van der Waals surface area contributed by atoms with Crippen LogP contribution in [0.25, 0.3) is 0 Å². The molecule has 0 saturated carbocycles. The third-order valence-electron chi connectivity index (χ3n) is 1.02. The minimum Gasteiger partial charge on any atom is -0.481 e. The molecule has 0 fully saturated rings. The molecule has 1 amide bonds. The Morgan fingerprint density at radius 2 is 2.00 bits per heavy atom. The lowest BCUT2D eigenvalue weighted by Crippen LogP contribution is -2.24. The second-order valence-electron chi connectivity index (χ2n) is 1.89. The number of hydrogen-bond acceptors (Lipinski definition) is 3. The van der Waals surface area contributed by atoms with Gasteiger partial charge in [-0.1, -0.05) is 0 Å². The quantitative estimate of drug-likeness (QED) is 0.453. The summed E-state index contributed by atoms with van der Waals surface area (Å²) in [5, 5.41) is 16.6. The summed E-state index contributed by atoms with van der Waals surface area (Å²) in [5.74, 6) is -2.99. The molecular formula is C5H9NO4. The Morgan fingerprint density at radius 3 is 2.10 bits per heavy atom. The molecule has 0 bridgehead atoms. The number of carbonyl (C=O) groups excluding carboxylic acids is 1. The van der Waals surface area contributed by atoms with Crippen LogP contribution in [0, 0.1) is 5.92 Å². The average molecular weight is 147 g/mol. The van der Waals surface area contributed by atoms with Crippen molar-refractivity contribution < 1.29 is 19.8 Å². The van der Waals surface area contributed by atoms with E-state index in [1.807, 2.05) is 0 Å². The van der Waals surface area contributed by atoms with Gasteiger partial charge in [0, 0.05) is 6.42 Å². The van der Waals surface area contributed by atoms with Gasteiger partial charge in [0.2, 0.25) is 5.91 Å². The van der Waals surface area contributed by atoms with Gasteiger partial charge < -0.3 is 15.9 Å². The standard InChI is InChI=1S/C5H9NO4/c6-4(8)1-3(2-7)5(9)10/h3,7H,1-2H2,(H2,6,8)(H,9,10)/t3-/m1/s1. The summed E-state index contributed by atoms with van der Waals surface area (Å²) in [7, 11) is 0. The molecule has 58 valence electrons. The SMILES string of the molecule is NC(=O)C[C@H](CO)C(=O)O. The van der Waals surface area contributed by atoms with Crippen LogP contribution in [0.2, 0.25) is 0 Å². The van der Waals surface area contributed by atoms with E-state index in [-0.39, 0.29) is 6.42 Å². The van der Waals surface area contributed by atoms with Gasteiger partial charge in [-0.3, -0.25) is 9.59 Å². The van der Waals surface area contributed by atoms with E-state index in [9.17, 15) is 9.59 Å². The summed E-state index contributed by atoms with van der Waals surface area (Å²) in [4.78, 5) is 20.2. The zero-order chi connectivity index (χ0) is 8.15. The first-order valence-corrected chi connectivity index (χ1v) is 2.70. The van der Waals surface area contributed by atoms with Gasteiger partial charge in [-0.2, -0.15) is 0 Å². The number of aliphatic hydroxyl groups is 1. The summed E-state index contributed by atoms with van der Waals surface area (Å²) < 4.78 is 0. The van der Waals surface area contributed by atoms with E-state index in [4.69, 9.17) is 15.9 Å². The van der Waals surface area contributed by atoms with E-state index in [2.05, 4.69) is 0 Å². The molecule has 1 atom stereocenters. The maximum Gasteiger partial charge on any atom is 0.309 e. The van der Waals surface area contributed by atoms with Crippen LogP contribution in [0.5, 0.6) is 0 Å². The van der Waals surface area contributed by atoms with E-state index in [1.54, 1.807) is 0 Å². The molecule has 5 nitrogen and oxygen atoms in total. The zero-order valence-corrected chi connectivity index (χ0v) is 5.28. The van der Waals surface area contributed by atoms with Crippen molar-refractivity contribution in [2.45, 2.75) is 6.42 Å². The molecule has 0 aliphatic heterocycles. The van der Waals surface area contributed by atoms with Crippen LogP contribution >= 0.6 is 0 Å². The molecule has 0 unspecified atom stereocenters. The van der Waals surface area contributed by atoms with Crippen molar-refractivity contribution in [3.63, 3.8) is 0 Å². The molecule has 5 heteroatoms. The van der Waals surface area contributed by atoms with Crippen LogP contribution in [0.4, 0.5) is 0 Å². The van der Waals surface area contributed by atoms with Crippen molar-refractivity contribution in [3.8, 4) is 0 Å². The minimum absolute atomic E-state index is 0.314. The first kappa shape index (κ1) is 8.90. The lowest BCUT2D eigenvalue weighted by atomic mass is 10.1. The fraction of sp³-hybridized carbons (Fsp3) is 0.600. The molecule has 0 aliphatic rings. The van der Waals surface area contributed by atoms with E-state index < -0.39 is 24.4 Å². The summed E-state index contributed by atoms with van der Waals surface area (Å²) in [6, 6.07) is 0. The lowest BCUT2D eigenvalue weighted by molar-refractivity contribution is -0.145. The molecule has 0 aromatic heterocycles. The molecule has 0 aromatic rings. The van der Waals surface area contributed by atoms with E-state index in [0.29, 0.717) is 0 Å². The van der Waals surface area contributed by atoms with Crippen molar-refractivity contribution in [2.24, 2.45) is 11.7 Å². The van der Waals surface area contributed by atoms with Crippen molar-refractivity contribution in [1.29, 1.82) is 0 Å². The second kappa shape index (κ2) is 3.84. The summed E-state index contributed by atoms with van der Waals surface area (Å²) in [6.45, 7) is -0.557. The van der Waals surface area contributed by atoms with Gasteiger partial charge in [-0.05, 0) is 0 Å². The molecule has 0 rings (SSSR count). The van der Waals surface area contributed by atoms with Crippen molar-refractivity contribution in [3.05, 3.63) is 0 Å². The Bertz CT molecular complexity index is 145. The molecule has 0 radical (unpaired) electrons. The van der Waals surface area contributed by atoms with Gasteiger partial charge in [0.05, 0.1) is 12.5 Å². The number of carboxylic acids is 1. The average Bonchev–Trinajstić information content (AvgIpc) is 1.81. The molecule has 0 spiro atoms. The van der Waals surface area contributed by atoms with Gasteiger partial charge in [0.15, 0.2) is 0 Å². The predicted octanol–water partition coefficient (Wildman–Crippen LogP) is -1.45. The Morgan fingerprint density at radius 1 is 1.50 bits per heavy atom. The third-order valence-corrected chi connectivity index (χ3v) is 1.02. The molecule has 0 aliphatic carbocycles. The number of rotatable bonds is 4. The normalized spacial score (nSPS) is 12.5. The summed E-state index contributed by atoms with van der Waals surface area (Å²) in [6.07, 6.45) is -0.314. The molecular weight excluding hydrogens is 138 g/mol. The number of hydrogen-bond donors (Lipinski definition) is 3. The van der Waals surface area contributed by atoms with Crippen molar-refractivity contribution >= 4 is 11.9 Å². The Balaban J connectivity index is 3.83. The number of nitrogens with two attached hydrogens (primary N) is 1. The highest BCUT2D eigenvalue weighted by Gasteiger charge is 2.17. The van der Waals surface area contributed by atoms with Crippen LogP contribution < -0.4 is 5.73 Å². The van der Waals surface area contributed by atoms with E-state index in [1.165, 1.54) is 0 Å². The predicted molar refractivity (Wildman–Crippen MR) is 32.0 cm³/mol. The second-order valence-corrected chi connectivity index (χ2v) is 1.89. The first-order chi connectivity index (χ1) is 4.57. The van der Waals surface area contributed by atoms with Gasteiger partial charge >= 0.3 is 5.97 Å². The number of primary amides is 1. The van der Waals surface area contributed by atoms with Gasteiger partial charge in [0.25, 0.3) is 0 Å². The molecule has 0 aromatic carbocycles. The Hall–Kier alpha value is -1.10. The third kappa shape index (κ3) is 3.03. The Kier molecular flexibility index (Phi) is 3.42. The number of amides is 1. The highest BCUT2D eigenvalue weighted by molar-refractivity contribution is 5.81. The fourth-order valence-electron chi connectivity index (χ4n) is 0.473. The summed E-state index contributed by atoms with van der Waals surface area (Å²) in [5.41, 5.74) is 4.69. The van der Waals surface area contributed by atoms with E-state index >= 15 is 0 Å². The molecule has 0 saturated heterocycles. The topological polar surface area (TPSA) is 101 Å². The van der Waals surface area contributed by atoms with Crippen LogP contribution in [0.15, 0.2) is 0 Å². The number of carboxylic acid groups (broad SMARTS) is 1. The smallest absolute Gasteiger partial charge is 0.309 e. The van der Waals surface area contributed by atoms with Crippen molar-refractivity contribution in [2.75, 3.05) is 6.61 Å².